The highest BCUT2D eigenvalue weighted by Gasteiger charge is 2.22. The number of aromatic nitrogens is 6. The minimum Gasteiger partial charge on any atom is -0.377 e. The zero-order valence-electron chi connectivity index (χ0n) is 16.8. The van der Waals surface area contributed by atoms with Gasteiger partial charge in [0, 0.05) is 36.1 Å². The molecule has 5 heterocycles. The Balaban J connectivity index is 1.68. The quantitative estimate of drug-likeness (QED) is 0.521. The summed E-state index contributed by atoms with van der Waals surface area (Å²) < 4.78 is 7.37. The van der Waals surface area contributed by atoms with Gasteiger partial charge >= 0.3 is 0 Å². The Hall–Kier alpha value is -3.70. The maximum Gasteiger partial charge on any atom is 0.168 e. The van der Waals surface area contributed by atoms with Gasteiger partial charge in [0.2, 0.25) is 0 Å². The van der Waals surface area contributed by atoms with Gasteiger partial charge < -0.3 is 9.64 Å². The standard InChI is InChI=1S/C22H21N7O/c1-15-12-23-7-5-17(15)3-4-18-11-21(28-9-10-30-14-16(28)2)26-22-19(18)13-25-29(22)20-6-8-24-27-20/h5-8,11-13,16H,9-10,14H2,1-2H3,(H,24,27)/t16-/m1/s1. The number of hydrogen-bond acceptors (Lipinski definition) is 6. The van der Waals surface area contributed by atoms with E-state index in [1.165, 1.54) is 0 Å². The van der Waals surface area contributed by atoms with E-state index in [1.807, 2.05) is 31.3 Å². The number of H-pyrrole nitrogens is 1. The van der Waals surface area contributed by atoms with Crippen molar-refractivity contribution in [1.82, 2.24) is 29.9 Å². The summed E-state index contributed by atoms with van der Waals surface area (Å²) in [6.45, 7) is 6.30. The van der Waals surface area contributed by atoms with Crippen molar-refractivity contribution in [3.63, 3.8) is 0 Å². The van der Waals surface area contributed by atoms with E-state index in [0.717, 1.165) is 45.9 Å². The summed E-state index contributed by atoms with van der Waals surface area (Å²) in [5.41, 5.74) is 3.63. The molecule has 0 unspecified atom stereocenters. The summed E-state index contributed by atoms with van der Waals surface area (Å²) in [5.74, 6) is 8.26. The number of pyridine rings is 2. The van der Waals surface area contributed by atoms with Gasteiger partial charge in [-0.3, -0.25) is 10.1 Å². The molecule has 8 heteroatoms. The molecular weight excluding hydrogens is 378 g/mol. The molecule has 5 rings (SSSR count). The zero-order chi connectivity index (χ0) is 20.5. The maximum atomic E-state index is 5.60. The monoisotopic (exact) mass is 399 g/mol. The fraction of sp³-hybridized carbons (Fsp3) is 0.273. The number of rotatable bonds is 2. The van der Waals surface area contributed by atoms with Crippen LogP contribution in [0.4, 0.5) is 5.82 Å². The lowest BCUT2D eigenvalue weighted by Gasteiger charge is -2.34. The summed E-state index contributed by atoms with van der Waals surface area (Å²) in [5, 5.41) is 12.4. The molecular formula is C22H21N7O. The van der Waals surface area contributed by atoms with E-state index in [-0.39, 0.29) is 6.04 Å². The smallest absolute Gasteiger partial charge is 0.168 e. The first-order valence-electron chi connectivity index (χ1n) is 9.86. The van der Waals surface area contributed by atoms with E-state index in [2.05, 4.69) is 43.9 Å². The second-order valence-electron chi connectivity index (χ2n) is 7.32. The van der Waals surface area contributed by atoms with Crippen molar-refractivity contribution >= 4 is 16.9 Å². The molecule has 1 N–H and O–H groups in total. The number of morpholine rings is 1. The molecule has 0 radical (unpaired) electrons. The van der Waals surface area contributed by atoms with Crippen molar-refractivity contribution in [2.45, 2.75) is 19.9 Å². The topological polar surface area (TPSA) is 84.8 Å². The SMILES string of the molecule is Cc1cnccc1C#Cc1cc(N2CCOC[C@H]2C)nc2c1cnn2-c1ccn[nH]1. The molecule has 0 spiro atoms. The summed E-state index contributed by atoms with van der Waals surface area (Å²) >= 11 is 0. The number of anilines is 1. The van der Waals surface area contributed by atoms with Crippen molar-refractivity contribution in [2.24, 2.45) is 0 Å². The molecule has 1 aliphatic heterocycles. The van der Waals surface area contributed by atoms with Crippen LogP contribution in [0.1, 0.15) is 23.6 Å². The lowest BCUT2D eigenvalue weighted by Crippen LogP contribution is -2.44. The molecule has 4 aromatic heterocycles. The molecule has 0 bridgehead atoms. The van der Waals surface area contributed by atoms with E-state index in [4.69, 9.17) is 9.72 Å². The van der Waals surface area contributed by atoms with Gasteiger partial charge in [0.25, 0.3) is 0 Å². The Kier molecular flexibility index (Phi) is 4.65. The van der Waals surface area contributed by atoms with Gasteiger partial charge in [-0.25, -0.2) is 4.98 Å². The Morgan fingerprint density at radius 1 is 1.17 bits per heavy atom. The van der Waals surface area contributed by atoms with Crippen LogP contribution >= 0.6 is 0 Å². The molecule has 0 aliphatic carbocycles. The van der Waals surface area contributed by atoms with E-state index in [9.17, 15) is 0 Å². The van der Waals surface area contributed by atoms with Crippen LogP contribution in [0.5, 0.6) is 0 Å². The average Bonchev–Trinajstić information content (AvgIpc) is 3.43. The highest BCUT2D eigenvalue weighted by atomic mass is 16.5. The summed E-state index contributed by atoms with van der Waals surface area (Å²) in [6.07, 6.45) is 7.09. The van der Waals surface area contributed by atoms with E-state index < -0.39 is 0 Å². The van der Waals surface area contributed by atoms with Crippen LogP contribution in [0.15, 0.2) is 43.0 Å². The lowest BCUT2D eigenvalue weighted by molar-refractivity contribution is 0.0985. The molecule has 30 heavy (non-hydrogen) atoms. The van der Waals surface area contributed by atoms with Crippen LogP contribution in [0.25, 0.3) is 16.9 Å². The molecule has 150 valence electrons. The average molecular weight is 399 g/mol. The first-order chi connectivity index (χ1) is 14.7. The van der Waals surface area contributed by atoms with E-state index in [0.29, 0.717) is 13.2 Å². The maximum absolute atomic E-state index is 5.60. The summed E-state index contributed by atoms with van der Waals surface area (Å²) in [4.78, 5) is 11.4. The fourth-order valence-corrected chi connectivity index (χ4v) is 3.60. The molecule has 1 saturated heterocycles. The van der Waals surface area contributed by atoms with Crippen LogP contribution in [0, 0.1) is 18.8 Å². The molecule has 1 atom stereocenters. The minimum absolute atomic E-state index is 0.232. The highest BCUT2D eigenvalue weighted by molar-refractivity contribution is 5.85. The summed E-state index contributed by atoms with van der Waals surface area (Å²) in [6, 6.07) is 6.08. The van der Waals surface area contributed by atoms with Crippen LogP contribution in [-0.4, -0.2) is 55.7 Å². The molecule has 0 saturated carbocycles. The molecule has 8 nitrogen and oxygen atoms in total. The number of aromatic amines is 1. The first-order valence-corrected chi connectivity index (χ1v) is 9.86. The molecule has 1 aliphatic rings. The third-order valence-electron chi connectivity index (χ3n) is 5.26. The van der Waals surface area contributed by atoms with Gasteiger partial charge in [0.05, 0.1) is 37.0 Å². The van der Waals surface area contributed by atoms with E-state index in [1.54, 1.807) is 23.3 Å². The van der Waals surface area contributed by atoms with Crippen molar-refractivity contribution in [2.75, 3.05) is 24.7 Å². The second-order valence-corrected chi connectivity index (χ2v) is 7.32. The molecule has 1 fully saturated rings. The predicted octanol–water partition coefficient (Wildman–Crippen LogP) is 2.47. The lowest BCUT2D eigenvalue weighted by atomic mass is 10.1. The van der Waals surface area contributed by atoms with Gasteiger partial charge in [-0.1, -0.05) is 11.8 Å². The van der Waals surface area contributed by atoms with Crippen molar-refractivity contribution in [3.05, 3.63) is 59.7 Å². The van der Waals surface area contributed by atoms with Crippen molar-refractivity contribution in [1.29, 1.82) is 0 Å². The number of ether oxygens (including phenoxy) is 1. The number of nitrogens with one attached hydrogen (secondary N) is 1. The fourth-order valence-electron chi connectivity index (χ4n) is 3.60. The highest BCUT2D eigenvalue weighted by Crippen LogP contribution is 2.26. The number of hydrogen-bond donors (Lipinski definition) is 1. The van der Waals surface area contributed by atoms with Gasteiger partial charge in [-0.15, -0.1) is 0 Å². The van der Waals surface area contributed by atoms with E-state index >= 15 is 0 Å². The van der Waals surface area contributed by atoms with Crippen LogP contribution in [-0.2, 0) is 4.74 Å². The third-order valence-corrected chi connectivity index (χ3v) is 5.26. The molecule has 0 amide bonds. The van der Waals surface area contributed by atoms with Gasteiger partial charge in [0.1, 0.15) is 5.82 Å². The number of fused-ring (bicyclic) bond motifs is 1. The van der Waals surface area contributed by atoms with Crippen LogP contribution in [0.3, 0.4) is 0 Å². The Labute approximate surface area is 173 Å². The third kappa shape index (κ3) is 3.29. The Morgan fingerprint density at radius 2 is 2.07 bits per heavy atom. The molecule has 4 aromatic rings. The summed E-state index contributed by atoms with van der Waals surface area (Å²) in [7, 11) is 0. The predicted molar refractivity (Wildman–Crippen MR) is 114 cm³/mol. The zero-order valence-corrected chi connectivity index (χ0v) is 16.8. The van der Waals surface area contributed by atoms with Crippen LogP contribution < -0.4 is 4.90 Å². The van der Waals surface area contributed by atoms with Crippen molar-refractivity contribution in [3.8, 4) is 17.7 Å². The Morgan fingerprint density at radius 3 is 2.87 bits per heavy atom. The van der Waals surface area contributed by atoms with Gasteiger partial charge in [-0.05, 0) is 31.5 Å². The van der Waals surface area contributed by atoms with Crippen molar-refractivity contribution < 1.29 is 4.74 Å². The minimum atomic E-state index is 0.232. The number of nitrogens with zero attached hydrogens (tertiary/aromatic N) is 6. The molecule has 0 aromatic carbocycles. The van der Waals surface area contributed by atoms with Gasteiger partial charge in [-0.2, -0.15) is 14.9 Å². The second kappa shape index (κ2) is 7.61. The normalized spacial score (nSPS) is 16.5. The first kappa shape index (κ1) is 18.3. The van der Waals surface area contributed by atoms with Gasteiger partial charge in [0.15, 0.2) is 11.5 Å². The Bertz CT molecular complexity index is 1250. The largest absolute Gasteiger partial charge is 0.377 e. The number of aryl methyl sites for hydroxylation is 1. The van der Waals surface area contributed by atoms with Crippen LogP contribution in [0.2, 0.25) is 0 Å².